The van der Waals surface area contributed by atoms with Gasteiger partial charge >= 0.3 is 5.69 Å². The minimum Gasteiger partial charge on any atom is -0.394 e. The van der Waals surface area contributed by atoms with Crippen LogP contribution in [0, 0.1) is 11.3 Å². The Morgan fingerprint density at radius 2 is 1.82 bits per heavy atom. The Bertz CT molecular complexity index is 541. The fourth-order valence-corrected chi connectivity index (χ4v) is 1.28. The number of rotatable bonds is 4. The summed E-state index contributed by atoms with van der Waals surface area (Å²) in [5, 5.41) is 36.0. The molecule has 1 aromatic rings. The van der Waals surface area contributed by atoms with Gasteiger partial charge < -0.3 is 15.3 Å². The van der Waals surface area contributed by atoms with E-state index in [9.17, 15) is 9.59 Å². The van der Waals surface area contributed by atoms with Gasteiger partial charge in [-0.25, -0.2) is 4.79 Å². The molecule has 0 atom stereocenters. The van der Waals surface area contributed by atoms with Crippen molar-refractivity contribution in [1.29, 1.82) is 5.26 Å². The normalized spacial score (nSPS) is 11.2. The molecule has 0 radical (unpaired) electrons. The highest BCUT2D eigenvalue weighted by atomic mass is 16.3. The van der Waals surface area contributed by atoms with E-state index in [1.165, 1.54) is 0 Å². The van der Waals surface area contributed by atoms with Crippen molar-refractivity contribution in [3.63, 3.8) is 0 Å². The van der Waals surface area contributed by atoms with Crippen LogP contribution in [-0.2, 0) is 5.54 Å². The number of H-pyrrole nitrogens is 1. The lowest BCUT2D eigenvalue weighted by atomic mass is 10.0. The van der Waals surface area contributed by atoms with Crippen LogP contribution in [-0.4, -0.2) is 44.7 Å². The molecule has 1 heterocycles. The molecule has 0 saturated heterocycles. The van der Waals surface area contributed by atoms with Gasteiger partial charge in [-0.05, 0) is 0 Å². The van der Waals surface area contributed by atoms with Crippen molar-refractivity contribution >= 4 is 0 Å². The molecule has 0 amide bonds. The van der Waals surface area contributed by atoms with Crippen LogP contribution in [0.2, 0.25) is 0 Å². The number of aromatic nitrogens is 2. The van der Waals surface area contributed by atoms with Crippen molar-refractivity contribution in [2.45, 2.75) is 5.54 Å². The number of aliphatic hydroxyl groups excluding tert-OH is 3. The Hall–Kier alpha value is -1.95. The number of nitrogens with zero attached hydrogens (tertiary/aromatic N) is 2. The van der Waals surface area contributed by atoms with E-state index in [1.807, 2.05) is 4.98 Å². The molecule has 4 N–H and O–H groups in total. The molecule has 1 rings (SSSR count). The summed E-state index contributed by atoms with van der Waals surface area (Å²) in [6.45, 7) is -2.18. The SMILES string of the molecule is N#Cc1cn(C(CO)(CO)CO)c(=O)[nH]c1=O. The van der Waals surface area contributed by atoms with E-state index in [0.29, 0.717) is 0 Å². The Balaban J connectivity index is 3.56. The van der Waals surface area contributed by atoms with E-state index in [1.54, 1.807) is 6.07 Å². The van der Waals surface area contributed by atoms with Gasteiger partial charge in [0, 0.05) is 6.20 Å². The Labute approximate surface area is 95.0 Å². The maximum Gasteiger partial charge on any atom is 0.329 e. The fourth-order valence-electron chi connectivity index (χ4n) is 1.28. The molecule has 0 fully saturated rings. The minimum atomic E-state index is -1.66. The summed E-state index contributed by atoms with van der Waals surface area (Å²) in [6, 6.07) is 1.56. The summed E-state index contributed by atoms with van der Waals surface area (Å²) >= 11 is 0. The van der Waals surface area contributed by atoms with Gasteiger partial charge in [0.05, 0.1) is 19.8 Å². The quantitative estimate of drug-likeness (QED) is 0.445. The minimum absolute atomic E-state index is 0.357. The van der Waals surface area contributed by atoms with Crippen LogP contribution in [0.3, 0.4) is 0 Å². The summed E-state index contributed by atoms with van der Waals surface area (Å²) in [7, 11) is 0. The van der Waals surface area contributed by atoms with Crippen LogP contribution in [0.4, 0.5) is 0 Å². The van der Waals surface area contributed by atoms with Crippen molar-refractivity contribution in [2.75, 3.05) is 19.8 Å². The first-order valence-electron chi connectivity index (χ1n) is 4.64. The highest BCUT2D eigenvalue weighted by molar-refractivity contribution is 5.22. The lowest BCUT2D eigenvalue weighted by Crippen LogP contribution is -2.51. The van der Waals surface area contributed by atoms with Crippen LogP contribution in [0.25, 0.3) is 0 Å². The smallest absolute Gasteiger partial charge is 0.329 e. The zero-order valence-electron chi connectivity index (χ0n) is 8.75. The third-order valence-corrected chi connectivity index (χ3v) is 2.46. The van der Waals surface area contributed by atoms with Gasteiger partial charge in [-0.1, -0.05) is 0 Å². The van der Waals surface area contributed by atoms with Crippen LogP contribution in [0.15, 0.2) is 15.8 Å². The molecule has 0 aliphatic carbocycles. The second-order valence-electron chi connectivity index (χ2n) is 3.48. The molecule has 0 aromatic carbocycles. The third-order valence-electron chi connectivity index (χ3n) is 2.46. The first kappa shape index (κ1) is 13.1. The first-order chi connectivity index (χ1) is 8.04. The highest BCUT2D eigenvalue weighted by Crippen LogP contribution is 2.11. The van der Waals surface area contributed by atoms with Crippen molar-refractivity contribution in [3.05, 3.63) is 32.6 Å². The lowest BCUT2D eigenvalue weighted by Gasteiger charge is -2.29. The maximum atomic E-state index is 11.5. The molecule has 92 valence electrons. The number of hydrogen-bond acceptors (Lipinski definition) is 6. The van der Waals surface area contributed by atoms with Crippen LogP contribution in [0.1, 0.15) is 5.56 Å². The molecule has 17 heavy (non-hydrogen) atoms. The van der Waals surface area contributed by atoms with E-state index in [0.717, 1.165) is 10.8 Å². The van der Waals surface area contributed by atoms with Gasteiger partial charge in [0.2, 0.25) is 0 Å². The molecule has 0 aliphatic rings. The largest absolute Gasteiger partial charge is 0.394 e. The number of aromatic amines is 1. The van der Waals surface area contributed by atoms with E-state index < -0.39 is 36.6 Å². The average molecular weight is 241 g/mol. The number of aliphatic hydroxyl groups is 3. The molecule has 0 aliphatic heterocycles. The van der Waals surface area contributed by atoms with Gasteiger partial charge in [-0.2, -0.15) is 5.26 Å². The van der Waals surface area contributed by atoms with E-state index in [-0.39, 0.29) is 5.56 Å². The first-order valence-corrected chi connectivity index (χ1v) is 4.64. The predicted octanol–water partition coefficient (Wildman–Crippen LogP) is -2.92. The maximum absolute atomic E-state index is 11.5. The van der Waals surface area contributed by atoms with Crippen molar-refractivity contribution in [1.82, 2.24) is 9.55 Å². The zero-order valence-corrected chi connectivity index (χ0v) is 8.75. The summed E-state index contributed by atoms with van der Waals surface area (Å²) in [5.74, 6) is 0. The monoisotopic (exact) mass is 241 g/mol. The summed E-state index contributed by atoms with van der Waals surface area (Å²) in [6.07, 6.45) is 0.893. The number of hydrogen-bond donors (Lipinski definition) is 4. The third kappa shape index (κ3) is 2.12. The van der Waals surface area contributed by atoms with Gasteiger partial charge in [0.25, 0.3) is 5.56 Å². The molecule has 1 aromatic heterocycles. The van der Waals surface area contributed by atoms with Gasteiger partial charge in [0.1, 0.15) is 17.2 Å². The molecular weight excluding hydrogens is 230 g/mol. The van der Waals surface area contributed by atoms with Crippen LogP contribution >= 0.6 is 0 Å². The summed E-state index contributed by atoms with van der Waals surface area (Å²) < 4.78 is 0.743. The zero-order chi connectivity index (χ0) is 13.1. The fraction of sp³-hybridized carbons (Fsp3) is 0.444. The molecular formula is C9H11N3O5. The number of nitriles is 1. The number of nitrogens with one attached hydrogen (secondary N) is 1. The molecule has 8 heteroatoms. The molecule has 0 bridgehead atoms. The van der Waals surface area contributed by atoms with Gasteiger partial charge in [-0.15, -0.1) is 0 Å². The van der Waals surface area contributed by atoms with E-state index >= 15 is 0 Å². The molecule has 0 saturated carbocycles. The second kappa shape index (κ2) is 4.92. The van der Waals surface area contributed by atoms with Crippen LogP contribution < -0.4 is 11.2 Å². The van der Waals surface area contributed by atoms with Crippen molar-refractivity contribution in [2.24, 2.45) is 0 Å². The van der Waals surface area contributed by atoms with E-state index in [2.05, 4.69) is 0 Å². The van der Waals surface area contributed by atoms with E-state index in [4.69, 9.17) is 20.6 Å². The molecule has 0 unspecified atom stereocenters. The van der Waals surface area contributed by atoms with Crippen molar-refractivity contribution < 1.29 is 15.3 Å². The van der Waals surface area contributed by atoms with Crippen molar-refractivity contribution in [3.8, 4) is 6.07 Å². The summed E-state index contributed by atoms with van der Waals surface area (Å²) in [4.78, 5) is 24.5. The Kier molecular flexibility index (Phi) is 3.80. The lowest BCUT2D eigenvalue weighted by molar-refractivity contribution is 0.0118. The second-order valence-corrected chi connectivity index (χ2v) is 3.48. The highest BCUT2D eigenvalue weighted by Gasteiger charge is 2.32. The van der Waals surface area contributed by atoms with Gasteiger partial charge in [-0.3, -0.25) is 14.3 Å². The molecule has 0 spiro atoms. The Morgan fingerprint density at radius 3 is 2.24 bits per heavy atom. The summed E-state index contributed by atoms with van der Waals surface area (Å²) in [5.41, 5.74) is -3.81. The topological polar surface area (TPSA) is 139 Å². The predicted molar refractivity (Wildman–Crippen MR) is 55.3 cm³/mol. The Morgan fingerprint density at radius 1 is 1.29 bits per heavy atom. The van der Waals surface area contributed by atoms with Gasteiger partial charge in [0.15, 0.2) is 0 Å². The average Bonchev–Trinajstić information content (AvgIpc) is 2.34. The molecule has 8 nitrogen and oxygen atoms in total. The van der Waals surface area contributed by atoms with Crippen LogP contribution in [0.5, 0.6) is 0 Å². The standard InChI is InChI=1S/C9H11N3O5/c10-1-6-2-12(8(17)11-7(6)16)9(3-13,4-14)5-15/h2,13-15H,3-5H2,(H,11,16,17).